The van der Waals surface area contributed by atoms with Gasteiger partial charge in [-0.05, 0) is 25.5 Å². The number of aromatic nitrogens is 1. The molecule has 2 amide bonds. The molecule has 1 saturated heterocycles. The molecule has 15 heavy (non-hydrogen) atoms. The van der Waals surface area contributed by atoms with E-state index in [1.165, 1.54) is 5.56 Å². The molecular weight excluding hydrogens is 192 g/mol. The first-order valence-electron chi connectivity index (χ1n) is 4.80. The molecule has 0 atom stereocenters. The third-order valence-corrected chi connectivity index (χ3v) is 1.92. The number of pyridine rings is 1. The Morgan fingerprint density at radius 2 is 1.73 bits per heavy atom. The lowest BCUT2D eigenvalue weighted by atomic mass is 10.3. The summed E-state index contributed by atoms with van der Waals surface area (Å²) >= 11 is 0. The van der Waals surface area contributed by atoms with E-state index in [0.29, 0.717) is 12.8 Å². The number of imide groups is 1. The molecule has 80 valence electrons. The zero-order chi connectivity index (χ0) is 11.3. The highest BCUT2D eigenvalue weighted by Crippen LogP contribution is 1.96. The van der Waals surface area contributed by atoms with Crippen LogP contribution in [0.2, 0.25) is 0 Å². The van der Waals surface area contributed by atoms with E-state index in [9.17, 15) is 9.59 Å². The van der Waals surface area contributed by atoms with Gasteiger partial charge in [0.1, 0.15) is 0 Å². The summed E-state index contributed by atoms with van der Waals surface area (Å²) in [6, 6.07) is 4.07. The first-order chi connectivity index (χ1) is 7.08. The Kier molecular flexibility index (Phi) is 3.97. The van der Waals surface area contributed by atoms with E-state index >= 15 is 0 Å². The van der Waals surface area contributed by atoms with Crippen LogP contribution in [-0.2, 0) is 9.59 Å². The molecule has 1 N–H and O–H groups in total. The third-order valence-electron chi connectivity index (χ3n) is 1.92. The maximum absolute atomic E-state index is 10.1. The van der Waals surface area contributed by atoms with Crippen LogP contribution in [0.4, 0.5) is 0 Å². The Labute approximate surface area is 88.7 Å². The van der Waals surface area contributed by atoms with Gasteiger partial charge in [0.05, 0.1) is 0 Å². The van der Waals surface area contributed by atoms with Gasteiger partial charge in [0, 0.05) is 24.7 Å². The average molecular weight is 206 g/mol. The van der Waals surface area contributed by atoms with Crippen LogP contribution in [0, 0.1) is 13.8 Å². The van der Waals surface area contributed by atoms with Crippen molar-refractivity contribution in [3.63, 3.8) is 0 Å². The zero-order valence-corrected chi connectivity index (χ0v) is 8.91. The van der Waals surface area contributed by atoms with Gasteiger partial charge in [-0.15, -0.1) is 0 Å². The maximum atomic E-state index is 10.1. The molecule has 0 radical (unpaired) electrons. The van der Waals surface area contributed by atoms with E-state index in [1.807, 2.05) is 26.1 Å². The third kappa shape index (κ3) is 4.35. The minimum atomic E-state index is -0.148. The van der Waals surface area contributed by atoms with Crippen LogP contribution in [0.3, 0.4) is 0 Å². The second-order valence-electron chi connectivity index (χ2n) is 3.45. The number of rotatable bonds is 0. The van der Waals surface area contributed by atoms with Crippen LogP contribution in [0.1, 0.15) is 24.1 Å². The Bertz CT molecular complexity index is 322. The standard InChI is InChI=1S/C7H9N.C4H5NO2/c1-6-3-4-7(2)8-5-6;6-3-1-2-4(7)5-3/h3-5H,1-2H3;1-2H2,(H,5,6,7). The molecule has 1 aliphatic rings. The highest BCUT2D eigenvalue weighted by atomic mass is 16.2. The molecule has 2 heterocycles. The second-order valence-corrected chi connectivity index (χ2v) is 3.45. The first-order valence-corrected chi connectivity index (χ1v) is 4.80. The molecule has 4 nitrogen and oxygen atoms in total. The van der Waals surface area contributed by atoms with Gasteiger partial charge in [0.15, 0.2) is 0 Å². The van der Waals surface area contributed by atoms with E-state index in [4.69, 9.17) is 0 Å². The lowest BCUT2D eigenvalue weighted by Gasteiger charge is -1.89. The first kappa shape index (κ1) is 11.4. The van der Waals surface area contributed by atoms with Gasteiger partial charge in [0.2, 0.25) is 11.8 Å². The van der Waals surface area contributed by atoms with E-state index in [0.717, 1.165) is 5.69 Å². The van der Waals surface area contributed by atoms with Gasteiger partial charge >= 0.3 is 0 Å². The summed E-state index contributed by atoms with van der Waals surface area (Å²) in [5, 5.41) is 2.14. The number of carbonyl (C=O) groups is 2. The van der Waals surface area contributed by atoms with E-state index < -0.39 is 0 Å². The zero-order valence-electron chi connectivity index (χ0n) is 8.91. The maximum Gasteiger partial charge on any atom is 0.227 e. The van der Waals surface area contributed by atoms with Gasteiger partial charge in [-0.1, -0.05) is 6.07 Å². The summed E-state index contributed by atoms with van der Waals surface area (Å²) in [6.45, 7) is 4.02. The normalized spacial score (nSPS) is 14.3. The van der Waals surface area contributed by atoms with Gasteiger partial charge in [-0.25, -0.2) is 0 Å². The Hall–Kier alpha value is -1.71. The molecule has 1 aromatic rings. The van der Waals surface area contributed by atoms with Crippen molar-refractivity contribution in [1.82, 2.24) is 10.3 Å². The molecule has 0 aliphatic carbocycles. The van der Waals surface area contributed by atoms with Crippen LogP contribution in [0.5, 0.6) is 0 Å². The van der Waals surface area contributed by atoms with E-state index in [2.05, 4.69) is 16.4 Å². The lowest BCUT2D eigenvalue weighted by molar-refractivity contribution is -0.124. The summed E-state index contributed by atoms with van der Waals surface area (Å²) < 4.78 is 0. The van der Waals surface area contributed by atoms with Crippen molar-refractivity contribution in [1.29, 1.82) is 0 Å². The van der Waals surface area contributed by atoms with Crippen molar-refractivity contribution in [2.75, 3.05) is 0 Å². The average Bonchev–Trinajstić information content (AvgIpc) is 2.56. The Morgan fingerprint density at radius 1 is 1.13 bits per heavy atom. The smallest absolute Gasteiger partial charge is 0.227 e. The van der Waals surface area contributed by atoms with Crippen molar-refractivity contribution in [3.8, 4) is 0 Å². The fraction of sp³-hybridized carbons (Fsp3) is 0.364. The van der Waals surface area contributed by atoms with Crippen molar-refractivity contribution < 1.29 is 9.59 Å². The van der Waals surface area contributed by atoms with E-state index in [-0.39, 0.29) is 11.8 Å². The predicted octanol–water partition coefficient (Wildman–Crippen LogP) is 1.12. The number of hydrogen-bond acceptors (Lipinski definition) is 3. The quantitative estimate of drug-likeness (QED) is 0.647. The second kappa shape index (κ2) is 5.24. The van der Waals surface area contributed by atoms with Crippen molar-refractivity contribution >= 4 is 11.8 Å². The van der Waals surface area contributed by atoms with Crippen molar-refractivity contribution in [2.45, 2.75) is 26.7 Å². The molecule has 0 unspecified atom stereocenters. The SMILES string of the molecule is Cc1ccc(C)nc1.O=C1CCC(=O)N1. The van der Waals surface area contributed by atoms with Gasteiger partial charge < -0.3 is 0 Å². The van der Waals surface area contributed by atoms with Gasteiger partial charge in [0.25, 0.3) is 0 Å². The molecular formula is C11H14N2O2. The summed E-state index contributed by atoms with van der Waals surface area (Å²) in [5.74, 6) is -0.296. The van der Waals surface area contributed by atoms with Gasteiger partial charge in [-0.3, -0.25) is 19.9 Å². The fourth-order valence-corrected chi connectivity index (χ4v) is 1.05. The fourth-order valence-electron chi connectivity index (χ4n) is 1.05. The van der Waals surface area contributed by atoms with Crippen LogP contribution in [0.15, 0.2) is 18.3 Å². The number of nitrogens with one attached hydrogen (secondary N) is 1. The molecule has 0 spiro atoms. The molecule has 0 bridgehead atoms. The van der Waals surface area contributed by atoms with Crippen LogP contribution in [0.25, 0.3) is 0 Å². The van der Waals surface area contributed by atoms with Crippen LogP contribution in [-0.4, -0.2) is 16.8 Å². The molecule has 0 saturated carbocycles. The molecule has 4 heteroatoms. The number of nitrogens with zero attached hydrogens (tertiary/aromatic N) is 1. The van der Waals surface area contributed by atoms with Crippen molar-refractivity contribution in [3.05, 3.63) is 29.6 Å². The topological polar surface area (TPSA) is 59.1 Å². The highest BCUT2D eigenvalue weighted by Gasteiger charge is 2.15. The Morgan fingerprint density at radius 3 is 2.00 bits per heavy atom. The van der Waals surface area contributed by atoms with Gasteiger partial charge in [-0.2, -0.15) is 0 Å². The monoisotopic (exact) mass is 206 g/mol. The molecule has 1 aromatic heterocycles. The highest BCUT2D eigenvalue weighted by molar-refractivity contribution is 6.01. The number of carbonyl (C=O) groups excluding carboxylic acids is 2. The lowest BCUT2D eigenvalue weighted by Crippen LogP contribution is -2.18. The summed E-state index contributed by atoms with van der Waals surface area (Å²) in [4.78, 5) is 24.3. The molecule has 1 aliphatic heterocycles. The Balaban J connectivity index is 0.000000151. The van der Waals surface area contributed by atoms with Crippen molar-refractivity contribution in [2.24, 2.45) is 0 Å². The summed E-state index contributed by atoms with van der Waals surface area (Å²) in [7, 11) is 0. The number of amides is 2. The molecule has 0 aromatic carbocycles. The van der Waals surface area contributed by atoms with Crippen LogP contribution >= 0.6 is 0 Å². The van der Waals surface area contributed by atoms with Crippen LogP contribution < -0.4 is 5.32 Å². The largest absolute Gasteiger partial charge is 0.296 e. The van der Waals surface area contributed by atoms with E-state index in [1.54, 1.807) is 0 Å². The minimum Gasteiger partial charge on any atom is -0.296 e. The predicted molar refractivity (Wildman–Crippen MR) is 56.1 cm³/mol. The molecule has 1 fully saturated rings. The number of aryl methyl sites for hydroxylation is 2. The number of hydrogen-bond donors (Lipinski definition) is 1. The minimum absolute atomic E-state index is 0.148. The summed E-state index contributed by atoms with van der Waals surface area (Å²) in [5.41, 5.74) is 2.30. The molecule has 2 rings (SSSR count). The summed E-state index contributed by atoms with van der Waals surface area (Å²) in [6.07, 6.45) is 2.62.